The van der Waals surface area contributed by atoms with Gasteiger partial charge in [-0.3, -0.25) is 30.6 Å². The van der Waals surface area contributed by atoms with Crippen LogP contribution in [0.15, 0.2) is 42.5 Å². The Bertz CT molecular complexity index is 953. The summed E-state index contributed by atoms with van der Waals surface area (Å²) >= 11 is 5.90. The van der Waals surface area contributed by atoms with E-state index in [0.29, 0.717) is 12.1 Å². The Morgan fingerprint density at radius 3 is 2.41 bits per heavy atom. The standard InChI is InChI=1S/C17H14ClF3N4O4/c1-9(22-16(27)11-4-2-3-5-12(11)18)15(26)24-23-13-7-6-10(17(19,20)21)8-14(13)25(28)29/h2-9,23H,1H3,(H,22,27)(H,24,26). The largest absolute Gasteiger partial charge is 0.416 e. The van der Waals surface area contributed by atoms with E-state index < -0.39 is 40.2 Å². The van der Waals surface area contributed by atoms with Gasteiger partial charge in [0.25, 0.3) is 17.5 Å². The van der Waals surface area contributed by atoms with E-state index in [1.165, 1.54) is 19.1 Å². The Labute approximate surface area is 167 Å². The summed E-state index contributed by atoms with van der Waals surface area (Å²) in [6.07, 6.45) is -4.76. The summed E-state index contributed by atoms with van der Waals surface area (Å²) in [5.41, 5.74) is 1.98. The van der Waals surface area contributed by atoms with Gasteiger partial charge in [0.05, 0.1) is 21.1 Å². The third-order valence-electron chi connectivity index (χ3n) is 3.70. The highest BCUT2D eigenvalue weighted by atomic mass is 35.5. The molecule has 154 valence electrons. The first kappa shape index (κ1) is 22.0. The van der Waals surface area contributed by atoms with Gasteiger partial charge in [0.15, 0.2) is 0 Å². The van der Waals surface area contributed by atoms with Crippen LogP contribution in [-0.2, 0) is 11.0 Å². The monoisotopic (exact) mass is 430 g/mol. The minimum atomic E-state index is -4.76. The lowest BCUT2D eigenvalue weighted by Gasteiger charge is -2.16. The molecule has 0 spiro atoms. The molecule has 0 aliphatic rings. The number of anilines is 1. The van der Waals surface area contributed by atoms with E-state index in [4.69, 9.17) is 11.6 Å². The van der Waals surface area contributed by atoms with E-state index in [1.54, 1.807) is 12.1 Å². The lowest BCUT2D eigenvalue weighted by atomic mass is 10.1. The molecule has 0 saturated heterocycles. The van der Waals surface area contributed by atoms with Crippen molar-refractivity contribution in [2.24, 2.45) is 0 Å². The molecule has 0 aromatic heterocycles. The predicted octanol–water partition coefficient (Wildman–Crippen LogP) is 3.53. The number of hydrogen-bond donors (Lipinski definition) is 3. The molecule has 1 atom stereocenters. The zero-order valence-electron chi connectivity index (χ0n) is 14.7. The van der Waals surface area contributed by atoms with Crippen LogP contribution in [-0.4, -0.2) is 22.8 Å². The van der Waals surface area contributed by atoms with Crippen LogP contribution < -0.4 is 16.2 Å². The van der Waals surface area contributed by atoms with Gasteiger partial charge in [-0.25, -0.2) is 0 Å². The van der Waals surface area contributed by atoms with E-state index in [2.05, 4.69) is 16.2 Å². The first-order valence-corrected chi connectivity index (χ1v) is 8.35. The fourth-order valence-corrected chi connectivity index (χ4v) is 2.41. The van der Waals surface area contributed by atoms with Gasteiger partial charge in [-0.1, -0.05) is 23.7 Å². The van der Waals surface area contributed by atoms with Crippen LogP contribution in [0.5, 0.6) is 0 Å². The van der Waals surface area contributed by atoms with Crippen molar-refractivity contribution < 1.29 is 27.7 Å². The van der Waals surface area contributed by atoms with Crippen LogP contribution in [0.4, 0.5) is 24.5 Å². The molecule has 1 unspecified atom stereocenters. The van der Waals surface area contributed by atoms with Crippen LogP contribution in [0.3, 0.4) is 0 Å². The Morgan fingerprint density at radius 2 is 1.83 bits per heavy atom. The fourth-order valence-electron chi connectivity index (χ4n) is 2.19. The molecule has 29 heavy (non-hydrogen) atoms. The highest BCUT2D eigenvalue weighted by molar-refractivity contribution is 6.33. The van der Waals surface area contributed by atoms with Crippen molar-refractivity contribution in [3.63, 3.8) is 0 Å². The zero-order valence-corrected chi connectivity index (χ0v) is 15.5. The summed E-state index contributed by atoms with van der Waals surface area (Å²) in [7, 11) is 0. The summed E-state index contributed by atoms with van der Waals surface area (Å²) in [6.45, 7) is 1.34. The summed E-state index contributed by atoms with van der Waals surface area (Å²) in [5, 5.41) is 13.6. The average Bonchev–Trinajstić information content (AvgIpc) is 2.65. The SMILES string of the molecule is CC(NC(=O)c1ccccc1Cl)C(=O)NNc1ccc(C(F)(F)F)cc1[N+](=O)[O-]. The van der Waals surface area contributed by atoms with Gasteiger partial charge in [0, 0.05) is 6.07 Å². The molecule has 0 saturated carbocycles. The first-order valence-electron chi connectivity index (χ1n) is 7.97. The van der Waals surface area contributed by atoms with Gasteiger partial charge in [0.2, 0.25) is 0 Å². The van der Waals surface area contributed by atoms with Crippen LogP contribution >= 0.6 is 11.6 Å². The summed E-state index contributed by atoms with van der Waals surface area (Å²) < 4.78 is 38.1. The van der Waals surface area contributed by atoms with Crippen molar-refractivity contribution in [3.05, 3.63) is 68.7 Å². The molecule has 0 bridgehead atoms. The fraction of sp³-hybridized carbons (Fsp3) is 0.176. The highest BCUT2D eigenvalue weighted by Gasteiger charge is 2.33. The number of benzene rings is 2. The molecule has 0 fully saturated rings. The van der Waals surface area contributed by atoms with E-state index in [9.17, 15) is 32.9 Å². The molecular weight excluding hydrogens is 417 g/mol. The second-order valence-corrected chi connectivity index (χ2v) is 6.18. The van der Waals surface area contributed by atoms with Crippen molar-refractivity contribution in [1.82, 2.24) is 10.7 Å². The van der Waals surface area contributed by atoms with Crippen molar-refractivity contribution in [1.29, 1.82) is 0 Å². The van der Waals surface area contributed by atoms with E-state index in [0.717, 1.165) is 6.07 Å². The molecule has 2 aromatic carbocycles. The molecule has 0 aliphatic carbocycles. The topological polar surface area (TPSA) is 113 Å². The second kappa shape index (κ2) is 8.78. The van der Waals surface area contributed by atoms with Gasteiger partial charge < -0.3 is 5.32 Å². The highest BCUT2D eigenvalue weighted by Crippen LogP contribution is 2.34. The van der Waals surface area contributed by atoms with Crippen molar-refractivity contribution in [2.75, 3.05) is 5.43 Å². The molecule has 0 heterocycles. The Balaban J connectivity index is 2.05. The van der Waals surface area contributed by atoms with Crippen molar-refractivity contribution >= 4 is 34.8 Å². The number of hydrazine groups is 1. The van der Waals surface area contributed by atoms with Crippen LogP contribution in [0.1, 0.15) is 22.8 Å². The second-order valence-electron chi connectivity index (χ2n) is 5.78. The lowest BCUT2D eigenvalue weighted by Crippen LogP contribution is -2.46. The van der Waals surface area contributed by atoms with Gasteiger partial charge >= 0.3 is 6.18 Å². The Kier molecular flexibility index (Phi) is 6.64. The minimum absolute atomic E-state index is 0.139. The number of alkyl halides is 3. The molecular formula is C17H14ClF3N4O4. The number of amides is 2. The van der Waals surface area contributed by atoms with E-state index in [1.807, 2.05) is 0 Å². The quantitative estimate of drug-likeness (QED) is 0.479. The number of nitrogens with zero attached hydrogens (tertiary/aromatic N) is 1. The minimum Gasteiger partial charge on any atom is -0.340 e. The van der Waals surface area contributed by atoms with Crippen molar-refractivity contribution in [3.8, 4) is 0 Å². The van der Waals surface area contributed by atoms with Gasteiger partial charge in [-0.15, -0.1) is 0 Å². The van der Waals surface area contributed by atoms with Gasteiger partial charge in [0.1, 0.15) is 11.7 Å². The zero-order chi connectivity index (χ0) is 21.8. The Morgan fingerprint density at radius 1 is 1.17 bits per heavy atom. The summed E-state index contributed by atoms with van der Waals surface area (Å²) in [4.78, 5) is 34.3. The van der Waals surface area contributed by atoms with Crippen LogP contribution in [0.2, 0.25) is 5.02 Å². The van der Waals surface area contributed by atoms with Crippen LogP contribution in [0.25, 0.3) is 0 Å². The number of hydrogen-bond acceptors (Lipinski definition) is 5. The smallest absolute Gasteiger partial charge is 0.340 e. The Hall–Kier alpha value is -3.34. The number of halogens is 4. The van der Waals surface area contributed by atoms with E-state index in [-0.39, 0.29) is 16.3 Å². The molecule has 0 aliphatic heterocycles. The summed E-state index contributed by atoms with van der Waals surface area (Å²) in [5.74, 6) is -1.42. The third-order valence-corrected chi connectivity index (χ3v) is 4.03. The summed E-state index contributed by atoms with van der Waals surface area (Å²) in [6, 6.07) is 6.85. The lowest BCUT2D eigenvalue weighted by molar-refractivity contribution is -0.384. The number of carbonyl (C=O) groups is 2. The molecule has 2 amide bonds. The molecule has 0 radical (unpaired) electrons. The van der Waals surface area contributed by atoms with E-state index >= 15 is 0 Å². The molecule has 12 heteroatoms. The number of nitro groups is 1. The third kappa shape index (κ3) is 5.57. The van der Waals surface area contributed by atoms with Crippen molar-refractivity contribution in [2.45, 2.75) is 19.1 Å². The first-order chi connectivity index (χ1) is 13.5. The molecule has 2 rings (SSSR count). The molecule has 8 nitrogen and oxygen atoms in total. The maximum atomic E-state index is 12.7. The normalized spacial score (nSPS) is 12.0. The predicted molar refractivity (Wildman–Crippen MR) is 98.2 cm³/mol. The maximum Gasteiger partial charge on any atom is 0.416 e. The number of rotatable bonds is 6. The maximum absolute atomic E-state index is 12.7. The van der Waals surface area contributed by atoms with Crippen LogP contribution in [0, 0.1) is 10.1 Å². The average molecular weight is 431 g/mol. The molecule has 2 aromatic rings. The molecule has 3 N–H and O–H groups in total. The number of carbonyl (C=O) groups excluding carboxylic acids is 2. The number of nitro benzene ring substituents is 1. The van der Waals surface area contributed by atoms with Gasteiger partial charge in [-0.05, 0) is 31.2 Å². The van der Waals surface area contributed by atoms with Gasteiger partial charge in [-0.2, -0.15) is 13.2 Å². The number of nitrogens with one attached hydrogen (secondary N) is 3.